The van der Waals surface area contributed by atoms with E-state index in [9.17, 15) is 13.2 Å². The van der Waals surface area contributed by atoms with E-state index in [1.165, 1.54) is 18.8 Å². The fourth-order valence-electron chi connectivity index (χ4n) is 0.707. The third-order valence-corrected chi connectivity index (χ3v) is 2.00. The highest BCUT2D eigenvalue weighted by Gasteiger charge is 2.37. The van der Waals surface area contributed by atoms with Gasteiger partial charge in [0.25, 0.3) is 0 Å². The first kappa shape index (κ1) is 11.1. The molecule has 0 bridgehead atoms. The van der Waals surface area contributed by atoms with Crippen LogP contribution in [0.2, 0.25) is 0 Å². The maximum absolute atomic E-state index is 12.0. The molecule has 1 unspecified atom stereocenters. The van der Waals surface area contributed by atoms with Gasteiger partial charge in [-0.2, -0.15) is 24.9 Å². The van der Waals surface area contributed by atoms with E-state index in [1.807, 2.05) is 0 Å². The van der Waals surface area contributed by atoms with Crippen LogP contribution in [0.5, 0.6) is 0 Å². The summed E-state index contributed by atoms with van der Waals surface area (Å²) in [6.45, 7) is 0. The fraction of sp³-hybridized carbons (Fsp3) is 1.00. The zero-order valence-electron chi connectivity index (χ0n) is 6.53. The van der Waals surface area contributed by atoms with Gasteiger partial charge in [0, 0.05) is 0 Å². The van der Waals surface area contributed by atoms with Gasteiger partial charge in [0.05, 0.1) is 0 Å². The number of halogens is 3. The van der Waals surface area contributed by atoms with Gasteiger partial charge in [0.15, 0.2) is 0 Å². The van der Waals surface area contributed by atoms with E-state index in [1.54, 1.807) is 6.26 Å². The highest BCUT2D eigenvalue weighted by molar-refractivity contribution is 7.98. The molecule has 1 nitrogen and oxygen atoms in total. The largest absolute Gasteiger partial charge is 0.403 e. The van der Waals surface area contributed by atoms with Crippen LogP contribution in [0.15, 0.2) is 0 Å². The van der Waals surface area contributed by atoms with Gasteiger partial charge >= 0.3 is 6.18 Å². The van der Waals surface area contributed by atoms with Crippen LogP contribution in [0.3, 0.4) is 0 Å². The van der Waals surface area contributed by atoms with Gasteiger partial charge in [-0.1, -0.05) is 0 Å². The molecule has 0 radical (unpaired) electrons. The Bertz CT molecular complexity index is 104. The molecule has 1 atom stereocenters. The molecule has 0 spiro atoms. The van der Waals surface area contributed by atoms with Gasteiger partial charge in [-0.3, -0.25) is 0 Å². The second kappa shape index (κ2) is 4.87. The number of nitrogens with one attached hydrogen (secondary N) is 1. The molecule has 68 valence electrons. The molecular weight excluding hydrogens is 175 g/mol. The zero-order valence-corrected chi connectivity index (χ0v) is 7.35. The Morgan fingerprint density at radius 1 is 1.45 bits per heavy atom. The van der Waals surface area contributed by atoms with Crippen molar-refractivity contribution in [1.82, 2.24) is 5.32 Å². The van der Waals surface area contributed by atoms with E-state index in [0.29, 0.717) is 5.75 Å². The Hall–Kier alpha value is 0.100. The minimum atomic E-state index is -4.11. The summed E-state index contributed by atoms with van der Waals surface area (Å²) in [5.74, 6) is 0.533. The van der Waals surface area contributed by atoms with Gasteiger partial charge < -0.3 is 5.32 Å². The van der Waals surface area contributed by atoms with Crippen molar-refractivity contribution in [3.63, 3.8) is 0 Å². The van der Waals surface area contributed by atoms with Crippen LogP contribution in [-0.4, -0.2) is 31.3 Å². The number of hydrogen-bond acceptors (Lipinski definition) is 2. The summed E-state index contributed by atoms with van der Waals surface area (Å²) in [5, 5.41) is 2.24. The fourth-order valence-corrected chi connectivity index (χ4v) is 1.18. The van der Waals surface area contributed by atoms with E-state index >= 15 is 0 Å². The normalized spacial score (nSPS) is 15.0. The third-order valence-electron chi connectivity index (χ3n) is 1.35. The molecule has 0 saturated heterocycles. The molecule has 1 N–H and O–H groups in total. The molecule has 0 aromatic carbocycles. The van der Waals surface area contributed by atoms with Crippen LogP contribution in [0, 0.1) is 0 Å². The van der Waals surface area contributed by atoms with Crippen molar-refractivity contribution in [2.75, 3.05) is 19.1 Å². The Morgan fingerprint density at radius 3 is 2.27 bits per heavy atom. The topological polar surface area (TPSA) is 12.0 Å². The van der Waals surface area contributed by atoms with Crippen LogP contribution in [0.25, 0.3) is 0 Å². The Balaban J connectivity index is 3.76. The Labute approximate surface area is 68.7 Å². The first-order valence-electron chi connectivity index (χ1n) is 3.25. The smallest absolute Gasteiger partial charge is 0.309 e. The monoisotopic (exact) mass is 187 g/mol. The van der Waals surface area contributed by atoms with Gasteiger partial charge in [-0.25, -0.2) is 0 Å². The lowest BCUT2D eigenvalue weighted by Gasteiger charge is -2.18. The van der Waals surface area contributed by atoms with Gasteiger partial charge in [-0.05, 0) is 25.5 Å². The predicted octanol–water partition coefficient (Wildman–Crippen LogP) is 1.89. The van der Waals surface area contributed by atoms with Crippen molar-refractivity contribution in [3.05, 3.63) is 0 Å². The second-order valence-electron chi connectivity index (χ2n) is 2.16. The highest BCUT2D eigenvalue weighted by Crippen LogP contribution is 2.22. The molecule has 0 aromatic rings. The molecule has 0 aliphatic heterocycles. The van der Waals surface area contributed by atoms with Crippen molar-refractivity contribution < 1.29 is 13.2 Å². The lowest BCUT2D eigenvalue weighted by molar-refractivity contribution is -0.154. The number of alkyl halides is 3. The molecular formula is C6H12F3NS. The summed E-state index contributed by atoms with van der Waals surface area (Å²) in [7, 11) is 1.33. The molecule has 0 heterocycles. The summed E-state index contributed by atoms with van der Waals surface area (Å²) in [6, 6.07) is -1.35. The van der Waals surface area contributed by atoms with Crippen LogP contribution >= 0.6 is 11.8 Å². The zero-order chi connectivity index (χ0) is 8.91. The first-order chi connectivity index (χ1) is 5.02. The van der Waals surface area contributed by atoms with Crippen molar-refractivity contribution in [2.24, 2.45) is 0 Å². The van der Waals surface area contributed by atoms with Gasteiger partial charge in [0.1, 0.15) is 6.04 Å². The first-order valence-corrected chi connectivity index (χ1v) is 4.64. The number of hydrogen-bond donors (Lipinski definition) is 1. The molecule has 5 heteroatoms. The molecule has 0 amide bonds. The number of thioether (sulfide) groups is 1. The summed E-state index contributed by atoms with van der Waals surface area (Å²) >= 11 is 1.42. The maximum atomic E-state index is 12.0. The molecule has 0 aliphatic rings. The average Bonchev–Trinajstić information content (AvgIpc) is 1.87. The third kappa shape index (κ3) is 4.53. The van der Waals surface area contributed by atoms with Crippen molar-refractivity contribution in [3.8, 4) is 0 Å². The summed E-state index contributed by atoms with van der Waals surface area (Å²) < 4.78 is 35.9. The van der Waals surface area contributed by atoms with Crippen molar-refractivity contribution in [1.29, 1.82) is 0 Å². The maximum Gasteiger partial charge on any atom is 0.403 e. The summed E-state index contributed by atoms with van der Waals surface area (Å²) in [4.78, 5) is 0. The Morgan fingerprint density at radius 2 is 2.00 bits per heavy atom. The predicted molar refractivity (Wildman–Crippen MR) is 41.9 cm³/mol. The minimum absolute atomic E-state index is 0.140. The molecule has 0 fully saturated rings. The van der Waals surface area contributed by atoms with Crippen LogP contribution in [-0.2, 0) is 0 Å². The van der Waals surface area contributed by atoms with Crippen molar-refractivity contribution in [2.45, 2.75) is 18.6 Å². The lowest BCUT2D eigenvalue weighted by Crippen LogP contribution is -2.40. The standard InChI is InChI=1S/C6H12F3NS/c1-10-5(3-4-11-2)6(7,8)9/h5,10H,3-4H2,1-2H3. The van der Waals surface area contributed by atoms with E-state index < -0.39 is 12.2 Å². The van der Waals surface area contributed by atoms with Crippen LogP contribution in [0.4, 0.5) is 13.2 Å². The highest BCUT2D eigenvalue weighted by atomic mass is 32.2. The molecule has 0 saturated carbocycles. The Kier molecular flexibility index (Phi) is 4.92. The molecule has 0 rings (SSSR count). The quantitative estimate of drug-likeness (QED) is 0.721. The van der Waals surface area contributed by atoms with Gasteiger partial charge in [0.2, 0.25) is 0 Å². The average molecular weight is 187 g/mol. The second-order valence-corrected chi connectivity index (χ2v) is 3.15. The number of rotatable bonds is 4. The van der Waals surface area contributed by atoms with E-state index in [0.717, 1.165) is 0 Å². The summed E-state index contributed by atoms with van der Waals surface area (Å²) in [5.41, 5.74) is 0. The minimum Gasteiger partial charge on any atom is -0.309 e. The van der Waals surface area contributed by atoms with Crippen molar-refractivity contribution >= 4 is 11.8 Å². The van der Waals surface area contributed by atoms with Crippen LogP contribution < -0.4 is 5.32 Å². The molecule has 11 heavy (non-hydrogen) atoms. The van der Waals surface area contributed by atoms with E-state index in [4.69, 9.17) is 0 Å². The lowest BCUT2D eigenvalue weighted by atomic mass is 10.2. The molecule has 0 aromatic heterocycles. The van der Waals surface area contributed by atoms with Crippen LogP contribution in [0.1, 0.15) is 6.42 Å². The van der Waals surface area contributed by atoms with E-state index in [-0.39, 0.29) is 6.42 Å². The SMILES string of the molecule is CNC(CCSC)C(F)(F)F. The van der Waals surface area contributed by atoms with Gasteiger partial charge in [-0.15, -0.1) is 0 Å². The summed E-state index contributed by atoms with van der Waals surface area (Å²) in [6.07, 6.45) is -2.17. The van der Waals surface area contributed by atoms with E-state index in [2.05, 4.69) is 5.32 Å². The molecule has 0 aliphatic carbocycles.